The van der Waals surface area contributed by atoms with E-state index in [1.165, 1.54) is 6.07 Å². The van der Waals surface area contributed by atoms with Crippen LogP contribution in [0.2, 0.25) is 0 Å². The van der Waals surface area contributed by atoms with Crippen LogP contribution in [0, 0.1) is 18.8 Å². The number of fused-ring (bicyclic) bond motifs is 1. The van der Waals surface area contributed by atoms with Gasteiger partial charge in [-0.3, -0.25) is 14.7 Å². The smallest absolute Gasteiger partial charge is 0.275 e. The van der Waals surface area contributed by atoms with Crippen LogP contribution in [0.5, 0.6) is 5.75 Å². The quantitative estimate of drug-likeness (QED) is 0.504. The van der Waals surface area contributed by atoms with Crippen molar-refractivity contribution in [1.29, 1.82) is 0 Å². The third-order valence-corrected chi connectivity index (χ3v) is 7.33. The second kappa shape index (κ2) is 10.5. The van der Waals surface area contributed by atoms with Crippen LogP contribution in [-0.2, 0) is 5.92 Å². The monoisotopic (exact) mass is 516 g/mol. The summed E-state index contributed by atoms with van der Waals surface area (Å²) in [7, 11) is 3.61. The van der Waals surface area contributed by atoms with E-state index in [0.717, 1.165) is 31.7 Å². The molecule has 1 aliphatic heterocycles. The van der Waals surface area contributed by atoms with Crippen LogP contribution in [0.3, 0.4) is 0 Å². The number of benzene rings is 2. The van der Waals surface area contributed by atoms with Gasteiger partial charge in [0.2, 0.25) is 0 Å². The third kappa shape index (κ3) is 5.26. The molecule has 6 nitrogen and oxygen atoms in total. The molecule has 1 saturated heterocycles. The summed E-state index contributed by atoms with van der Waals surface area (Å²) in [5, 5.41) is 2.79. The Morgan fingerprint density at radius 1 is 1.08 bits per heavy atom. The number of halogens is 2. The predicted octanol–water partition coefficient (Wildman–Crippen LogP) is 4.83. The van der Waals surface area contributed by atoms with E-state index < -0.39 is 5.92 Å². The molecular weight excluding hydrogens is 486 g/mol. The first kappa shape index (κ1) is 25.8. The first-order chi connectivity index (χ1) is 18.2. The van der Waals surface area contributed by atoms with Gasteiger partial charge in [-0.1, -0.05) is 24.0 Å². The van der Waals surface area contributed by atoms with Crippen LogP contribution in [0.25, 0.3) is 0 Å². The molecule has 1 aromatic heterocycles. The van der Waals surface area contributed by atoms with Gasteiger partial charge < -0.3 is 15.0 Å². The van der Waals surface area contributed by atoms with Crippen molar-refractivity contribution in [2.24, 2.45) is 0 Å². The fourth-order valence-electron chi connectivity index (χ4n) is 5.05. The van der Waals surface area contributed by atoms with E-state index in [1.54, 1.807) is 49.8 Å². The van der Waals surface area contributed by atoms with Crippen molar-refractivity contribution in [3.8, 4) is 17.6 Å². The summed E-state index contributed by atoms with van der Waals surface area (Å²) >= 11 is 0. The Morgan fingerprint density at radius 2 is 1.84 bits per heavy atom. The number of piperazine rings is 1. The summed E-state index contributed by atoms with van der Waals surface area (Å²) in [6.45, 7) is 5.17. The molecule has 5 rings (SSSR count). The highest BCUT2D eigenvalue weighted by molar-refractivity contribution is 6.04. The average Bonchev–Trinajstić information content (AvgIpc) is 3.18. The SMILES string of the molecule is COc1ccncc1C#Cc1cc(C(=O)Nc2ccc3c(c2)C(F)(F)CC3N2CCN(C)CC2)ccc1C. The van der Waals surface area contributed by atoms with Crippen molar-refractivity contribution in [2.75, 3.05) is 45.7 Å². The van der Waals surface area contributed by atoms with Gasteiger partial charge in [0.1, 0.15) is 5.75 Å². The number of hydrogen-bond acceptors (Lipinski definition) is 5. The molecule has 1 amide bonds. The molecule has 1 N–H and O–H groups in total. The number of amides is 1. The van der Waals surface area contributed by atoms with Crippen molar-refractivity contribution in [3.05, 3.63) is 88.2 Å². The molecule has 2 heterocycles. The van der Waals surface area contributed by atoms with Gasteiger partial charge in [0.05, 0.1) is 12.7 Å². The van der Waals surface area contributed by atoms with E-state index in [9.17, 15) is 4.79 Å². The first-order valence-corrected chi connectivity index (χ1v) is 12.6. The molecule has 38 heavy (non-hydrogen) atoms. The molecule has 2 aromatic carbocycles. The van der Waals surface area contributed by atoms with Gasteiger partial charge in [-0.25, -0.2) is 8.78 Å². The zero-order chi connectivity index (χ0) is 26.9. The summed E-state index contributed by atoms with van der Waals surface area (Å²) in [5.74, 6) is 3.43. The Kier molecular flexibility index (Phi) is 7.15. The van der Waals surface area contributed by atoms with E-state index in [1.807, 2.05) is 20.0 Å². The fourth-order valence-corrected chi connectivity index (χ4v) is 5.05. The maximum Gasteiger partial charge on any atom is 0.275 e. The molecule has 1 unspecified atom stereocenters. The van der Waals surface area contributed by atoms with E-state index in [0.29, 0.717) is 33.7 Å². The van der Waals surface area contributed by atoms with Crippen LogP contribution in [0.15, 0.2) is 54.9 Å². The fraction of sp³-hybridized carbons (Fsp3) is 0.333. The topological polar surface area (TPSA) is 57.7 Å². The van der Waals surface area contributed by atoms with Crippen molar-refractivity contribution in [3.63, 3.8) is 0 Å². The second-order valence-electron chi connectivity index (χ2n) is 9.88. The lowest BCUT2D eigenvalue weighted by atomic mass is 10.0. The van der Waals surface area contributed by atoms with Crippen LogP contribution in [-0.4, -0.2) is 61.0 Å². The predicted molar refractivity (Wildman–Crippen MR) is 143 cm³/mol. The van der Waals surface area contributed by atoms with Gasteiger partial charge in [-0.2, -0.15) is 0 Å². The maximum absolute atomic E-state index is 15.1. The Bertz CT molecular complexity index is 1420. The zero-order valence-corrected chi connectivity index (χ0v) is 21.7. The summed E-state index contributed by atoms with van der Waals surface area (Å²) in [5.41, 5.74) is 3.61. The number of aryl methyl sites for hydroxylation is 1. The number of rotatable bonds is 4. The summed E-state index contributed by atoms with van der Waals surface area (Å²) in [4.78, 5) is 21.5. The summed E-state index contributed by atoms with van der Waals surface area (Å²) in [6.07, 6.45) is 3.02. The highest BCUT2D eigenvalue weighted by Crippen LogP contribution is 2.50. The molecule has 0 bridgehead atoms. The number of carbonyl (C=O) groups excluding carboxylic acids is 1. The van der Waals surface area contributed by atoms with Crippen molar-refractivity contribution < 1.29 is 18.3 Å². The number of anilines is 1. The van der Waals surface area contributed by atoms with E-state index >= 15 is 8.78 Å². The molecule has 0 saturated carbocycles. The molecule has 3 aromatic rings. The zero-order valence-electron chi connectivity index (χ0n) is 21.7. The number of pyridine rings is 1. The lowest BCUT2D eigenvalue weighted by molar-refractivity contribution is -0.0257. The summed E-state index contributed by atoms with van der Waals surface area (Å²) < 4.78 is 35.4. The third-order valence-electron chi connectivity index (χ3n) is 7.33. The minimum absolute atomic E-state index is 0.0000998. The molecule has 0 spiro atoms. The number of nitrogens with zero attached hydrogens (tertiary/aromatic N) is 3. The number of aromatic nitrogens is 1. The Morgan fingerprint density at radius 3 is 2.61 bits per heavy atom. The van der Waals surface area contributed by atoms with Crippen LogP contribution in [0.4, 0.5) is 14.5 Å². The van der Waals surface area contributed by atoms with Crippen LogP contribution in [0.1, 0.15) is 50.6 Å². The number of methoxy groups -OCH3 is 1. The minimum atomic E-state index is -2.94. The maximum atomic E-state index is 15.1. The lowest BCUT2D eigenvalue weighted by Crippen LogP contribution is -2.45. The highest BCUT2D eigenvalue weighted by atomic mass is 19.3. The van der Waals surface area contributed by atoms with Crippen molar-refractivity contribution in [2.45, 2.75) is 25.3 Å². The largest absolute Gasteiger partial charge is 0.495 e. The number of ether oxygens (including phenoxy) is 1. The molecule has 2 aliphatic rings. The number of nitrogens with one attached hydrogen (secondary N) is 1. The molecule has 1 fully saturated rings. The van der Waals surface area contributed by atoms with Gasteiger partial charge in [-0.05, 0) is 55.4 Å². The standard InChI is InChI=1S/C30H30F2N4O2/c1-20-4-5-22(16-21(20)6-7-23-19-33-11-10-28(23)38-3)29(37)34-24-8-9-25-26(17-24)30(31,32)18-27(25)36-14-12-35(2)13-15-36/h4-5,8-11,16-17,19,27H,12-15,18H2,1-3H3,(H,34,37). The Balaban J connectivity index is 1.35. The van der Waals surface area contributed by atoms with E-state index in [2.05, 4.69) is 31.9 Å². The molecule has 1 atom stereocenters. The van der Waals surface area contributed by atoms with Gasteiger partial charge in [0.15, 0.2) is 0 Å². The molecule has 0 radical (unpaired) electrons. The van der Waals surface area contributed by atoms with E-state index in [-0.39, 0.29) is 23.9 Å². The van der Waals surface area contributed by atoms with Gasteiger partial charge in [0.25, 0.3) is 11.8 Å². The Hall–Kier alpha value is -3.80. The van der Waals surface area contributed by atoms with E-state index in [4.69, 9.17) is 4.74 Å². The molecular formula is C30H30F2N4O2. The number of carbonyl (C=O) groups is 1. The minimum Gasteiger partial charge on any atom is -0.495 e. The van der Waals surface area contributed by atoms with Gasteiger partial charge >= 0.3 is 0 Å². The molecule has 1 aliphatic carbocycles. The average molecular weight is 517 g/mol. The van der Waals surface area contributed by atoms with Gasteiger partial charge in [-0.15, -0.1) is 0 Å². The first-order valence-electron chi connectivity index (χ1n) is 12.6. The normalized spacial score (nSPS) is 18.8. The second-order valence-corrected chi connectivity index (χ2v) is 9.88. The number of hydrogen-bond donors (Lipinski definition) is 1. The number of alkyl halides is 2. The van der Waals surface area contributed by atoms with Crippen LogP contribution >= 0.6 is 0 Å². The lowest BCUT2D eigenvalue weighted by Gasteiger charge is -2.36. The Labute approximate surface area is 221 Å². The number of likely N-dealkylation sites (N-methyl/N-ethyl adjacent to an activating group) is 1. The van der Waals surface area contributed by atoms with Crippen molar-refractivity contribution in [1.82, 2.24) is 14.8 Å². The van der Waals surface area contributed by atoms with Gasteiger partial charge in [0, 0.05) is 73.4 Å². The highest BCUT2D eigenvalue weighted by Gasteiger charge is 2.47. The van der Waals surface area contributed by atoms with Crippen molar-refractivity contribution >= 4 is 11.6 Å². The van der Waals surface area contributed by atoms with Crippen LogP contribution < -0.4 is 10.1 Å². The molecule has 8 heteroatoms. The molecule has 196 valence electrons. The summed E-state index contributed by atoms with van der Waals surface area (Å²) in [6, 6.07) is 11.5.